The Labute approximate surface area is 210 Å². The van der Waals surface area contributed by atoms with Gasteiger partial charge in [-0.3, -0.25) is 9.69 Å². The molecule has 0 radical (unpaired) electrons. The summed E-state index contributed by atoms with van der Waals surface area (Å²) in [6.07, 6.45) is 1.08. The lowest BCUT2D eigenvalue weighted by molar-refractivity contribution is -0.126. The minimum absolute atomic E-state index is 0.0121. The number of carbonyl (C=O) groups excluding carboxylic acids is 1. The van der Waals surface area contributed by atoms with Crippen molar-refractivity contribution in [3.63, 3.8) is 0 Å². The molecule has 2 aromatic carbocycles. The summed E-state index contributed by atoms with van der Waals surface area (Å²) in [5, 5.41) is 3.08. The van der Waals surface area contributed by atoms with Gasteiger partial charge in [0.15, 0.2) is 0 Å². The summed E-state index contributed by atoms with van der Waals surface area (Å²) in [5.74, 6) is -0.146. The van der Waals surface area contributed by atoms with Gasteiger partial charge in [-0.25, -0.2) is 8.42 Å². The van der Waals surface area contributed by atoms with Crippen LogP contribution >= 0.6 is 0 Å². The van der Waals surface area contributed by atoms with E-state index in [1.54, 1.807) is 6.07 Å². The lowest BCUT2D eigenvalue weighted by Gasteiger charge is -2.32. The summed E-state index contributed by atoms with van der Waals surface area (Å²) in [6, 6.07) is 13.9. The third kappa shape index (κ3) is 6.50. The summed E-state index contributed by atoms with van der Waals surface area (Å²) >= 11 is 0. The molecule has 2 aromatic rings. The number of hydrogen-bond donors (Lipinski definition) is 1. The maximum absolute atomic E-state index is 13.1. The van der Waals surface area contributed by atoms with Gasteiger partial charge in [0.1, 0.15) is 0 Å². The van der Waals surface area contributed by atoms with E-state index in [4.69, 9.17) is 0 Å². The van der Waals surface area contributed by atoms with E-state index >= 15 is 0 Å². The van der Waals surface area contributed by atoms with E-state index in [1.165, 1.54) is 9.87 Å². The SMILES string of the molecule is Cc1ccc(S(=O)(=O)N2CCC(C(=O)NCc3cccc(CN4CCN(C)CC4)c3)CC2)c(C)c1. The van der Waals surface area contributed by atoms with Crippen LogP contribution in [-0.2, 0) is 27.9 Å². The van der Waals surface area contributed by atoms with Crippen LogP contribution in [0.15, 0.2) is 47.4 Å². The van der Waals surface area contributed by atoms with Crippen LogP contribution in [-0.4, -0.2) is 74.7 Å². The zero-order valence-corrected chi connectivity index (χ0v) is 22.0. The maximum atomic E-state index is 13.1. The predicted octanol–water partition coefficient (Wildman–Crippen LogP) is 2.77. The molecule has 1 N–H and O–H groups in total. The number of aryl methyl sites for hydroxylation is 2. The Kier molecular flexibility index (Phi) is 8.27. The molecule has 2 fully saturated rings. The quantitative estimate of drug-likeness (QED) is 0.636. The van der Waals surface area contributed by atoms with Gasteiger partial charge in [-0.2, -0.15) is 4.31 Å². The van der Waals surface area contributed by atoms with Crippen LogP contribution in [0.2, 0.25) is 0 Å². The van der Waals surface area contributed by atoms with Crippen molar-refractivity contribution in [2.75, 3.05) is 46.3 Å². The van der Waals surface area contributed by atoms with Crippen molar-refractivity contribution in [1.82, 2.24) is 19.4 Å². The number of amides is 1. The van der Waals surface area contributed by atoms with Crippen LogP contribution in [0.4, 0.5) is 0 Å². The highest BCUT2D eigenvalue weighted by molar-refractivity contribution is 7.89. The molecule has 1 amide bonds. The molecule has 190 valence electrons. The number of piperazine rings is 1. The van der Waals surface area contributed by atoms with Crippen LogP contribution in [0.25, 0.3) is 0 Å². The minimum atomic E-state index is -3.54. The number of piperidine rings is 1. The number of nitrogens with zero attached hydrogens (tertiary/aromatic N) is 3. The van der Waals surface area contributed by atoms with E-state index in [0.29, 0.717) is 37.4 Å². The van der Waals surface area contributed by atoms with Crippen molar-refractivity contribution in [3.05, 3.63) is 64.7 Å². The molecule has 4 rings (SSSR count). The molecule has 0 bridgehead atoms. The third-order valence-electron chi connectivity index (χ3n) is 7.23. The molecule has 35 heavy (non-hydrogen) atoms. The number of benzene rings is 2. The van der Waals surface area contributed by atoms with Gasteiger partial charge in [0.05, 0.1) is 4.90 Å². The van der Waals surface area contributed by atoms with Crippen molar-refractivity contribution in [1.29, 1.82) is 0 Å². The zero-order chi connectivity index (χ0) is 25.0. The standard InChI is InChI=1S/C27H38N4O3S/c1-21-7-8-26(22(2)17-21)35(33,34)31-11-9-25(10-12-31)27(32)28-19-23-5-4-6-24(18-23)20-30-15-13-29(3)14-16-30/h4-8,17-18,25H,9-16,19-20H2,1-3H3,(H,28,32). The fourth-order valence-corrected chi connectivity index (χ4v) is 6.70. The molecule has 7 nitrogen and oxygen atoms in total. The lowest BCUT2D eigenvalue weighted by atomic mass is 9.97. The third-order valence-corrected chi connectivity index (χ3v) is 9.29. The topological polar surface area (TPSA) is 73.0 Å². The Bertz CT molecular complexity index is 1130. The van der Waals surface area contributed by atoms with Crippen LogP contribution in [0.3, 0.4) is 0 Å². The first-order valence-electron chi connectivity index (χ1n) is 12.6. The number of carbonyl (C=O) groups is 1. The second-order valence-corrected chi connectivity index (χ2v) is 12.0. The van der Waals surface area contributed by atoms with Crippen molar-refractivity contribution in [2.45, 2.75) is 44.7 Å². The highest BCUT2D eigenvalue weighted by Crippen LogP contribution is 2.26. The van der Waals surface area contributed by atoms with Crippen LogP contribution in [0.1, 0.15) is 35.1 Å². The maximum Gasteiger partial charge on any atom is 0.243 e. The Hall–Kier alpha value is -2.26. The van der Waals surface area contributed by atoms with E-state index in [-0.39, 0.29) is 11.8 Å². The second kappa shape index (κ2) is 11.2. The summed E-state index contributed by atoms with van der Waals surface area (Å²) in [6.45, 7) is 10.3. The molecule has 2 saturated heterocycles. The molecular weight excluding hydrogens is 460 g/mol. The molecule has 2 heterocycles. The first-order valence-corrected chi connectivity index (χ1v) is 14.0. The molecule has 0 aliphatic carbocycles. The minimum Gasteiger partial charge on any atom is -0.352 e. The summed E-state index contributed by atoms with van der Waals surface area (Å²) in [5.41, 5.74) is 4.17. The number of likely N-dealkylation sites (N-methyl/N-ethyl adjacent to an activating group) is 1. The van der Waals surface area contributed by atoms with Gasteiger partial charge in [-0.05, 0) is 56.5 Å². The van der Waals surface area contributed by atoms with Crippen molar-refractivity contribution < 1.29 is 13.2 Å². The molecule has 0 saturated carbocycles. The Morgan fingerprint density at radius 3 is 2.31 bits per heavy atom. The highest BCUT2D eigenvalue weighted by Gasteiger charge is 2.32. The molecule has 2 aliphatic heterocycles. The van der Waals surface area contributed by atoms with Gasteiger partial charge in [0.25, 0.3) is 0 Å². The van der Waals surface area contributed by atoms with Gasteiger partial charge in [-0.15, -0.1) is 0 Å². The van der Waals surface area contributed by atoms with Gasteiger partial charge < -0.3 is 10.2 Å². The van der Waals surface area contributed by atoms with E-state index in [0.717, 1.165) is 49.4 Å². The molecule has 8 heteroatoms. The van der Waals surface area contributed by atoms with Gasteiger partial charge in [0, 0.05) is 58.3 Å². The molecular formula is C27H38N4O3S. The first-order chi connectivity index (χ1) is 16.7. The molecule has 2 aliphatic rings. The second-order valence-electron chi connectivity index (χ2n) is 10.1. The smallest absolute Gasteiger partial charge is 0.243 e. The number of nitrogens with one attached hydrogen (secondary N) is 1. The Balaban J connectivity index is 1.27. The number of rotatable bonds is 7. The van der Waals surface area contributed by atoms with Crippen molar-refractivity contribution >= 4 is 15.9 Å². The first kappa shape index (κ1) is 25.8. The van der Waals surface area contributed by atoms with E-state index in [9.17, 15) is 13.2 Å². The number of hydrogen-bond acceptors (Lipinski definition) is 5. The Morgan fingerprint density at radius 2 is 1.63 bits per heavy atom. The van der Waals surface area contributed by atoms with Crippen molar-refractivity contribution in [2.24, 2.45) is 5.92 Å². The van der Waals surface area contributed by atoms with Crippen LogP contribution in [0, 0.1) is 19.8 Å². The normalized spacial score (nSPS) is 19.1. The largest absolute Gasteiger partial charge is 0.352 e. The number of sulfonamides is 1. The average molecular weight is 499 g/mol. The van der Waals surface area contributed by atoms with Crippen molar-refractivity contribution in [3.8, 4) is 0 Å². The van der Waals surface area contributed by atoms with Crippen LogP contribution < -0.4 is 5.32 Å². The molecule has 0 atom stereocenters. The van der Waals surface area contributed by atoms with Gasteiger partial charge >= 0.3 is 0 Å². The van der Waals surface area contributed by atoms with E-state index in [1.807, 2.05) is 32.0 Å². The predicted molar refractivity (Wildman–Crippen MR) is 138 cm³/mol. The summed E-state index contributed by atoms with van der Waals surface area (Å²) in [7, 11) is -1.38. The van der Waals surface area contributed by atoms with E-state index < -0.39 is 10.0 Å². The van der Waals surface area contributed by atoms with Crippen LogP contribution in [0.5, 0.6) is 0 Å². The summed E-state index contributed by atoms with van der Waals surface area (Å²) < 4.78 is 27.8. The Morgan fingerprint density at radius 1 is 0.943 bits per heavy atom. The average Bonchev–Trinajstić information content (AvgIpc) is 2.84. The lowest BCUT2D eigenvalue weighted by Crippen LogP contribution is -2.43. The fourth-order valence-electron chi connectivity index (χ4n) is 5.02. The van der Waals surface area contributed by atoms with Gasteiger partial charge in [0.2, 0.25) is 15.9 Å². The molecule has 0 aromatic heterocycles. The zero-order valence-electron chi connectivity index (χ0n) is 21.2. The highest BCUT2D eigenvalue weighted by atomic mass is 32.2. The van der Waals surface area contributed by atoms with Gasteiger partial charge in [-0.1, -0.05) is 42.0 Å². The molecule has 0 spiro atoms. The van der Waals surface area contributed by atoms with E-state index in [2.05, 4.69) is 40.4 Å². The molecule has 0 unspecified atom stereocenters. The fraction of sp³-hybridized carbons (Fsp3) is 0.519. The summed E-state index contributed by atoms with van der Waals surface area (Å²) in [4.78, 5) is 18.0. The monoisotopic (exact) mass is 498 g/mol.